The van der Waals surface area contributed by atoms with Crippen molar-refractivity contribution in [1.82, 2.24) is 0 Å². The molecule has 4 N–H and O–H groups in total. The molecule has 0 bridgehead atoms. The van der Waals surface area contributed by atoms with Crippen molar-refractivity contribution in [3.05, 3.63) is 35.5 Å². The molecule has 3 aliphatic carbocycles. The van der Waals surface area contributed by atoms with Crippen LogP contribution in [0.1, 0.15) is 91.9 Å². The van der Waals surface area contributed by atoms with Crippen LogP contribution < -0.4 is 0 Å². The first kappa shape index (κ1) is 28.6. The highest BCUT2D eigenvalue weighted by Crippen LogP contribution is 2.60. The number of ether oxygens (including phenoxy) is 1. The Morgan fingerprint density at radius 1 is 1.20 bits per heavy atom. The molecular weight excluding hydrogens is 440 g/mol. The largest absolute Gasteiger partial charge is 0.396 e. The van der Waals surface area contributed by atoms with Gasteiger partial charge >= 0.3 is 0 Å². The van der Waals surface area contributed by atoms with E-state index in [9.17, 15) is 15.3 Å². The van der Waals surface area contributed by atoms with Gasteiger partial charge in [0.15, 0.2) is 0 Å². The van der Waals surface area contributed by atoms with Crippen LogP contribution in [0.4, 0.5) is 0 Å². The predicted molar refractivity (Wildman–Crippen MR) is 141 cm³/mol. The van der Waals surface area contributed by atoms with E-state index >= 15 is 0 Å². The van der Waals surface area contributed by atoms with Gasteiger partial charge in [-0.15, -0.1) is 0 Å². The van der Waals surface area contributed by atoms with Gasteiger partial charge in [-0.1, -0.05) is 51.0 Å². The highest BCUT2D eigenvalue weighted by atomic mass is 16.5. The smallest absolute Gasteiger partial charge is 0.114 e. The van der Waals surface area contributed by atoms with Crippen molar-refractivity contribution in [1.29, 1.82) is 0 Å². The second-order valence-electron chi connectivity index (χ2n) is 12.4. The molecule has 200 valence electrons. The Labute approximate surface area is 213 Å². The van der Waals surface area contributed by atoms with E-state index in [0.717, 1.165) is 30.8 Å². The lowest BCUT2D eigenvalue weighted by Gasteiger charge is -2.44. The number of allylic oxidation sites excluding steroid dienone is 3. The maximum Gasteiger partial charge on any atom is 0.114 e. The molecule has 3 fully saturated rings. The summed E-state index contributed by atoms with van der Waals surface area (Å²) in [5.41, 5.74) is 2.79. The molecule has 7 atom stereocenters. The van der Waals surface area contributed by atoms with Gasteiger partial charge in [-0.2, -0.15) is 0 Å². The zero-order chi connectivity index (χ0) is 25.8. The molecule has 0 aromatic rings. The Bertz CT molecular complexity index is 778. The van der Waals surface area contributed by atoms with E-state index in [2.05, 4.69) is 32.6 Å². The minimum atomic E-state index is -0.931. The molecular formula is C30H50O5. The molecule has 0 aliphatic heterocycles. The third-order valence-electron chi connectivity index (χ3n) is 9.17. The van der Waals surface area contributed by atoms with Gasteiger partial charge in [-0.05, 0) is 93.1 Å². The van der Waals surface area contributed by atoms with E-state index in [1.165, 1.54) is 37.7 Å². The Morgan fingerprint density at radius 3 is 2.63 bits per heavy atom. The molecule has 0 spiro atoms. The molecule has 0 unspecified atom stereocenters. The average Bonchev–Trinajstić information content (AvgIpc) is 3.14. The molecule has 3 saturated carbocycles. The number of fused-ring (bicyclic) bond motifs is 1. The maximum absolute atomic E-state index is 10.7. The van der Waals surface area contributed by atoms with Gasteiger partial charge in [0, 0.05) is 19.6 Å². The van der Waals surface area contributed by atoms with Crippen LogP contribution in [0.25, 0.3) is 0 Å². The monoisotopic (exact) mass is 490 g/mol. The van der Waals surface area contributed by atoms with Crippen LogP contribution in [0.5, 0.6) is 0 Å². The molecule has 0 aromatic carbocycles. The maximum atomic E-state index is 10.7. The normalized spacial score (nSPS) is 37.1. The van der Waals surface area contributed by atoms with Crippen LogP contribution in [-0.4, -0.2) is 57.6 Å². The van der Waals surface area contributed by atoms with Crippen LogP contribution in [0.2, 0.25) is 0 Å². The van der Waals surface area contributed by atoms with E-state index < -0.39 is 23.9 Å². The summed E-state index contributed by atoms with van der Waals surface area (Å²) in [4.78, 5) is 0. The van der Waals surface area contributed by atoms with E-state index in [-0.39, 0.29) is 6.61 Å². The highest BCUT2D eigenvalue weighted by molar-refractivity contribution is 5.40. The van der Waals surface area contributed by atoms with Crippen LogP contribution in [0, 0.1) is 23.2 Å². The average molecular weight is 491 g/mol. The zero-order valence-corrected chi connectivity index (χ0v) is 22.5. The zero-order valence-electron chi connectivity index (χ0n) is 22.5. The summed E-state index contributed by atoms with van der Waals surface area (Å²) in [6.45, 7) is 13.2. The van der Waals surface area contributed by atoms with Crippen molar-refractivity contribution >= 4 is 0 Å². The van der Waals surface area contributed by atoms with Crippen molar-refractivity contribution in [2.75, 3.05) is 13.2 Å². The van der Waals surface area contributed by atoms with Crippen LogP contribution >= 0.6 is 0 Å². The van der Waals surface area contributed by atoms with Gasteiger partial charge in [0.2, 0.25) is 0 Å². The summed E-state index contributed by atoms with van der Waals surface area (Å²) in [5.74, 6) is 1.98. The number of aliphatic hydroxyl groups is 4. The molecule has 0 amide bonds. The number of rotatable bonds is 10. The van der Waals surface area contributed by atoms with Gasteiger partial charge in [0.05, 0.1) is 11.7 Å². The molecule has 5 heteroatoms. The number of hydrogen-bond acceptors (Lipinski definition) is 5. The van der Waals surface area contributed by atoms with Gasteiger partial charge in [0.25, 0.3) is 0 Å². The lowest BCUT2D eigenvalue weighted by Crippen LogP contribution is -2.45. The van der Waals surface area contributed by atoms with Crippen molar-refractivity contribution in [3.8, 4) is 0 Å². The molecule has 5 nitrogen and oxygen atoms in total. The third-order valence-corrected chi connectivity index (χ3v) is 9.17. The first-order valence-corrected chi connectivity index (χ1v) is 13.9. The van der Waals surface area contributed by atoms with E-state index in [4.69, 9.17) is 9.84 Å². The molecule has 0 radical (unpaired) electrons. The van der Waals surface area contributed by atoms with Crippen molar-refractivity contribution in [3.63, 3.8) is 0 Å². The van der Waals surface area contributed by atoms with Crippen LogP contribution in [0.3, 0.4) is 0 Å². The summed E-state index contributed by atoms with van der Waals surface area (Å²) in [5, 5.41) is 40.4. The van der Waals surface area contributed by atoms with Crippen molar-refractivity contribution < 1.29 is 25.2 Å². The van der Waals surface area contributed by atoms with E-state index in [0.29, 0.717) is 42.3 Å². The molecule has 3 aliphatic rings. The first-order chi connectivity index (χ1) is 16.5. The van der Waals surface area contributed by atoms with Crippen molar-refractivity contribution in [2.24, 2.45) is 23.2 Å². The third kappa shape index (κ3) is 6.87. The summed E-state index contributed by atoms with van der Waals surface area (Å²) in [6, 6.07) is 0. The lowest BCUT2D eigenvalue weighted by atomic mass is 9.60. The minimum Gasteiger partial charge on any atom is -0.396 e. The van der Waals surface area contributed by atoms with Crippen molar-refractivity contribution in [2.45, 2.75) is 116 Å². The lowest BCUT2D eigenvalue weighted by molar-refractivity contribution is -0.0968. The minimum absolute atomic E-state index is 0.0269. The van der Waals surface area contributed by atoms with Gasteiger partial charge < -0.3 is 25.2 Å². The summed E-state index contributed by atoms with van der Waals surface area (Å²) < 4.78 is 5.63. The van der Waals surface area contributed by atoms with Crippen LogP contribution in [0.15, 0.2) is 35.5 Å². The van der Waals surface area contributed by atoms with Gasteiger partial charge in [-0.3, -0.25) is 0 Å². The SMILES string of the molecule is C=C1/C(=C/C=C2/CCC[C@]3(C)[C@@H]([C@H](C)CCCC(C)(C)O)CC[C@@H]23)C[C@@H](O)[C@@H](OCCCO)[C@@H]1O. The Hall–Kier alpha value is -0.980. The number of hydrogen-bond donors (Lipinski definition) is 4. The predicted octanol–water partition coefficient (Wildman–Crippen LogP) is 5.08. The van der Waals surface area contributed by atoms with Gasteiger partial charge in [-0.25, -0.2) is 0 Å². The summed E-state index contributed by atoms with van der Waals surface area (Å²) in [7, 11) is 0. The van der Waals surface area contributed by atoms with Crippen LogP contribution in [-0.2, 0) is 4.74 Å². The Morgan fingerprint density at radius 2 is 1.94 bits per heavy atom. The fraction of sp³-hybridized carbons (Fsp3) is 0.800. The molecule has 0 heterocycles. The van der Waals surface area contributed by atoms with E-state index in [1.807, 2.05) is 13.8 Å². The highest BCUT2D eigenvalue weighted by Gasteiger charge is 2.50. The summed E-state index contributed by atoms with van der Waals surface area (Å²) in [6.07, 6.45) is 12.1. The van der Waals surface area contributed by atoms with E-state index in [1.54, 1.807) is 0 Å². The number of aliphatic hydroxyl groups excluding tert-OH is 3. The Balaban J connectivity index is 1.67. The fourth-order valence-electron chi connectivity index (χ4n) is 7.21. The Kier molecular flexibility index (Phi) is 9.84. The molecule has 0 saturated heterocycles. The second-order valence-corrected chi connectivity index (χ2v) is 12.4. The molecule has 0 aromatic heterocycles. The first-order valence-electron chi connectivity index (χ1n) is 13.9. The fourth-order valence-corrected chi connectivity index (χ4v) is 7.21. The quantitative estimate of drug-likeness (QED) is 0.321. The summed E-state index contributed by atoms with van der Waals surface area (Å²) >= 11 is 0. The van der Waals surface area contributed by atoms with Gasteiger partial charge in [0.1, 0.15) is 12.2 Å². The second kappa shape index (κ2) is 12.0. The topological polar surface area (TPSA) is 90.2 Å². The molecule has 35 heavy (non-hydrogen) atoms. The molecule has 3 rings (SSSR count). The standard InChI is InChI=1S/C30H50O5/c1-20(9-6-15-29(3,4)34)24-13-14-25-22(10-7-16-30(24,25)5)11-12-23-19-26(32)28(27(33)21(23)2)35-18-8-17-31/h11-12,20,24-28,31-34H,2,6-10,13-19H2,1,3-5H3/b22-11-,23-12+/t20-,24-,25+,26-,27-,28-,30-/m1/s1.